The van der Waals surface area contributed by atoms with Crippen LogP contribution >= 0.6 is 11.8 Å². The zero-order valence-electron chi connectivity index (χ0n) is 19.6. The van der Waals surface area contributed by atoms with E-state index in [2.05, 4.69) is 10.6 Å². The molecule has 35 heavy (non-hydrogen) atoms. The number of aliphatic carboxylic acids is 1. The number of likely N-dealkylation sites (tertiary alicyclic amines) is 1. The Balaban J connectivity index is 1.43. The molecule has 0 radical (unpaired) electrons. The van der Waals surface area contributed by atoms with E-state index in [1.807, 2.05) is 0 Å². The van der Waals surface area contributed by atoms with Gasteiger partial charge in [0.2, 0.25) is 11.8 Å². The fraction of sp³-hybridized carbons (Fsp3) is 0.727. The Labute approximate surface area is 206 Å². The summed E-state index contributed by atoms with van der Waals surface area (Å²) in [5.41, 5.74) is 5.90. The van der Waals surface area contributed by atoms with Crippen molar-refractivity contribution in [2.24, 2.45) is 17.6 Å². The summed E-state index contributed by atoms with van der Waals surface area (Å²) in [6.07, 6.45) is -0.921. The van der Waals surface area contributed by atoms with Gasteiger partial charge in [-0.2, -0.15) is 8.78 Å². The van der Waals surface area contributed by atoms with Crippen LogP contribution in [0.4, 0.5) is 8.78 Å². The maximum absolute atomic E-state index is 12.9. The van der Waals surface area contributed by atoms with E-state index in [0.717, 1.165) is 12.8 Å². The molecule has 0 aromatic heterocycles. The number of thioether (sulfide) groups is 1. The highest BCUT2D eigenvalue weighted by molar-refractivity contribution is 8.03. The first-order valence-corrected chi connectivity index (χ1v) is 12.7. The van der Waals surface area contributed by atoms with Crippen molar-refractivity contribution in [2.45, 2.75) is 69.0 Å². The van der Waals surface area contributed by atoms with Crippen LogP contribution in [0.5, 0.6) is 0 Å². The lowest BCUT2D eigenvalue weighted by Gasteiger charge is -2.47. The van der Waals surface area contributed by atoms with Crippen molar-refractivity contribution in [1.29, 1.82) is 0 Å². The lowest BCUT2D eigenvalue weighted by atomic mass is 9.78. The van der Waals surface area contributed by atoms with Crippen molar-refractivity contribution in [3.05, 3.63) is 10.6 Å². The lowest BCUT2D eigenvalue weighted by molar-refractivity contribution is -0.159. The molecule has 3 fully saturated rings. The van der Waals surface area contributed by atoms with E-state index in [0.29, 0.717) is 31.0 Å². The number of amides is 3. The summed E-state index contributed by atoms with van der Waals surface area (Å²) >= 11 is 1.35. The average molecular weight is 516 g/mol. The van der Waals surface area contributed by atoms with Gasteiger partial charge in [0.15, 0.2) is 0 Å². The van der Waals surface area contributed by atoms with Gasteiger partial charge in [-0.3, -0.25) is 14.4 Å². The molecule has 0 aromatic carbocycles. The van der Waals surface area contributed by atoms with Gasteiger partial charge in [-0.15, -0.1) is 11.8 Å². The van der Waals surface area contributed by atoms with Gasteiger partial charge in [-0.1, -0.05) is 6.92 Å². The average Bonchev–Trinajstić information content (AvgIpc) is 3.35. The van der Waals surface area contributed by atoms with Crippen molar-refractivity contribution in [1.82, 2.24) is 20.4 Å². The molecule has 10 nitrogen and oxygen atoms in total. The largest absolute Gasteiger partial charge is 0.477 e. The molecular weight excluding hydrogens is 484 g/mol. The molecule has 0 unspecified atom stereocenters. The van der Waals surface area contributed by atoms with Crippen LogP contribution < -0.4 is 16.4 Å². The first-order chi connectivity index (χ1) is 16.5. The Hall–Kier alpha value is -2.25. The lowest BCUT2D eigenvalue weighted by Crippen LogP contribution is -2.66. The summed E-state index contributed by atoms with van der Waals surface area (Å²) in [6, 6.07) is -1.80. The predicted molar refractivity (Wildman–Crippen MR) is 123 cm³/mol. The number of hydrogen-bond acceptors (Lipinski definition) is 7. The van der Waals surface area contributed by atoms with E-state index in [9.17, 15) is 33.1 Å². The number of carbonyl (C=O) groups is 4. The minimum Gasteiger partial charge on any atom is -0.477 e. The van der Waals surface area contributed by atoms with E-state index < -0.39 is 42.2 Å². The number of nitrogens with one attached hydrogen (secondary N) is 2. The number of nitrogens with zero attached hydrogens (tertiary/aromatic N) is 2. The molecule has 3 saturated heterocycles. The number of piperidine rings is 1. The second-order valence-corrected chi connectivity index (χ2v) is 11.1. The highest BCUT2D eigenvalue weighted by atomic mass is 32.2. The standard InChI is InChI=1S/C22H31F2N5O5S/c1-9-15-14(10(2)27-19(30)18(23)24)21(32)29(15)16(22(33)34)17(9)35-12-6-13(26-7-12)20(31)28-5-3-4-11(25)8-28/h9-15,18,26H,3-8,25H2,1-2H3,(H,27,30)(H,33,34)/t9-,10-,11+,12+,13+,14-,15-/m1/s1. The Morgan fingerprint density at radius 2 is 2.03 bits per heavy atom. The first kappa shape index (κ1) is 25.8. The van der Waals surface area contributed by atoms with E-state index in [-0.39, 0.29) is 34.9 Å². The molecule has 0 bridgehead atoms. The van der Waals surface area contributed by atoms with Gasteiger partial charge in [0, 0.05) is 47.8 Å². The summed E-state index contributed by atoms with van der Waals surface area (Å²) in [5.74, 6) is -4.35. The van der Waals surface area contributed by atoms with Crippen LogP contribution in [-0.4, -0.2) is 94.1 Å². The van der Waals surface area contributed by atoms with Crippen molar-refractivity contribution < 1.29 is 33.1 Å². The highest BCUT2D eigenvalue weighted by Gasteiger charge is 2.60. The number of hydrogen-bond donors (Lipinski definition) is 4. The third-order valence-electron chi connectivity index (χ3n) is 7.35. The molecular formula is C22H31F2N5O5S. The first-order valence-electron chi connectivity index (χ1n) is 11.8. The normalized spacial score (nSPS) is 33.6. The van der Waals surface area contributed by atoms with Gasteiger partial charge in [0.1, 0.15) is 5.70 Å². The van der Waals surface area contributed by atoms with Crippen LogP contribution in [0.1, 0.15) is 33.1 Å². The minimum absolute atomic E-state index is 0.00202. The molecule has 0 aliphatic carbocycles. The van der Waals surface area contributed by atoms with E-state index in [4.69, 9.17) is 5.73 Å². The summed E-state index contributed by atoms with van der Waals surface area (Å²) in [7, 11) is 0. The van der Waals surface area contributed by atoms with Crippen molar-refractivity contribution in [3.8, 4) is 0 Å². The summed E-state index contributed by atoms with van der Waals surface area (Å²) in [4.78, 5) is 52.8. The van der Waals surface area contributed by atoms with E-state index in [1.54, 1.807) is 11.8 Å². The van der Waals surface area contributed by atoms with Crippen LogP contribution in [0.3, 0.4) is 0 Å². The monoisotopic (exact) mass is 515 g/mol. The number of fused-ring (bicyclic) bond motifs is 1. The SMILES string of the molecule is C[C@@H](NC(=O)C(F)F)[C@H]1C(=O)N2C(C(=O)O)=C(S[C@@H]3CN[C@H](C(=O)N4CCC[C@H](N)C4)C3)[C@H](C)[C@H]12. The van der Waals surface area contributed by atoms with Crippen LogP contribution in [0.25, 0.3) is 0 Å². The molecule has 4 rings (SSSR count). The molecule has 5 N–H and O–H groups in total. The highest BCUT2D eigenvalue weighted by Crippen LogP contribution is 2.51. The number of alkyl halides is 2. The number of rotatable bonds is 7. The number of nitrogens with two attached hydrogens (primary N) is 1. The van der Waals surface area contributed by atoms with Gasteiger partial charge < -0.3 is 31.3 Å². The van der Waals surface area contributed by atoms with E-state index in [1.165, 1.54) is 23.6 Å². The molecule has 0 saturated carbocycles. The van der Waals surface area contributed by atoms with Gasteiger partial charge in [-0.05, 0) is 26.2 Å². The van der Waals surface area contributed by atoms with Crippen molar-refractivity contribution in [2.75, 3.05) is 19.6 Å². The zero-order chi connectivity index (χ0) is 25.6. The molecule has 7 atom stereocenters. The Morgan fingerprint density at radius 3 is 2.66 bits per heavy atom. The Morgan fingerprint density at radius 1 is 1.31 bits per heavy atom. The molecule has 13 heteroatoms. The smallest absolute Gasteiger partial charge is 0.353 e. The molecule has 0 spiro atoms. The Bertz CT molecular complexity index is 949. The van der Waals surface area contributed by atoms with Crippen LogP contribution in [0, 0.1) is 11.8 Å². The third kappa shape index (κ3) is 4.77. The fourth-order valence-corrected chi connectivity index (χ4v) is 7.14. The second kappa shape index (κ2) is 10.0. The number of halogens is 2. The zero-order valence-corrected chi connectivity index (χ0v) is 20.4. The molecule has 4 aliphatic heterocycles. The Kier molecular flexibility index (Phi) is 7.39. The van der Waals surface area contributed by atoms with Gasteiger partial charge in [-0.25, -0.2) is 4.79 Å². The van der Waals surface area contributed by atoms with Crippen molar-refractivity contribution >= 4 is 35.5 Å². The molecule has 4 heterocycles. The van der Waals surface area contributed by atoms with Crippen LogP contribution in [0.2, 0.25) is 0 Å². The third-order valence-corrected chi connectivity index (χ3v) is 8.86. The van der Waals surface area contributed by atoms with Gasteiger partial charge >= 0.3 is 12.4 Å². The van der Waals surface area contributed by atoms with E-state index >= 15 is 0 Å². The summed E-state index contributed by atoms with van der Waals surface area (Å²) in [6.45, 7) is 4.99. The topological polar surface area (TPSA) is 145 Å². The predicted octanol–water partition coefficient (Wildman–Crippen LogP) is -0.0575. The van der Waals surface area contributed by atoms with Gasteiger partial charge in [0.25, 0.3) is 5.91 Å². The molecule has 4 aliphatic rings. The maximum Gasteiger partial charge on any atom is 0.353 e. The molecule has 194 valence electrons. The maximum atomic E-state index is 12.9. The quantitative estimate of drug-likeness (QED) is 0.345. The van der Waals surface area contributed by atoms with Crippen LogP contribution in [-0.2, 0) is 19.2 Å². The number of β-lactam (4-membered cyclic amide) rings is 1. The number of carbonyl (C=O) groups excluding carboxylic acids is 3. The molecule has 3 amide bonds. The number of carboxylic acid groups (broad SMARTS) is 1. The number of carboxylic acids is 1. The molecule has 0 aromatic rings. The van der Waals surface area contributed by atoms with Crippen molar-refractivity contribution in [3.63, 3.8) is 0 Å². The van der Waals surface area contributed by atoms with Crippen LogP contribution in [0.15, 0.2) is 10.6 Å². The summed E-state index contributed by atoms with van der Waals surface area (Å²) < 4.78 is 25.3. The fourth-order valence-electron chi connectivity index (χ4n) is 5.67. The van der Waals surface area contributed by atoms with Gasteiger partial charge in [0.05, 0.1) is 18.0 Å². The minimum atomic E-state index is -3.20. The summed E-state index contributed by atoms with van der Waals surface area (Å²) in [5, 5.41) is 15.2. The second-order valence-electron chi connectivity index (χ2n) is 9.75.